The molecule has 3 aliphatic rings. The number of amides is 1. The predicted octanol–water partition coefficient (Wildman–Crippen LogP) is 4.80. The quantitative estimate of drug-likeness (QED) is 0.703. The van der Waals surface area contributed by atoms with Crippen LogP contribution >= 0.6 is 23.2 Å². The van der Waals surface area contributed by atoms with Gasteiger partial charge in [-0.2, -0.15) is 0 Å². The molecule has 2 aromatic rings. The van der Waals surface area contributed by atoms with Gasteiger partial charge in [-0.1, -0.05) is 35.3 Å². The van der Waals surface area contributed by atoms with Crippen LogP contribution in [0.1, 0.15) is 36.0 Å². The highest BCUT2D eigenvalue weighted by molar-refractivity contribution is 6.42. The molecule has 1 aliphatic carbocycles. The van der Waals surface area contributed by atoms with Gasteiger partial charge in [-0.25, -0.2) is 8.78 Å². The second-order valence-electron chi connectivity index (χ2n) is 8.52. The van der Waals surface area contributed by atoms with Crippen molar-refractivity contribution in [3.05, 3.63) is 68.7 Å². The van der Waals surface area contributed by atoms with Gasteiger partial charge in [0.15, 0.2) is 11.6 Å². The van der Waals surface area contributed by atoms with Gasteiger partial charge in [0.05, 0.1) is 22.6 Å². The van der Waals surface area contributed by atoms with E-state index in [2.05, 4.69) is 5.32 Å². The van der Waals surface area contributed by atoms with Crippen LogP contribution in [0.15, 0.2) is 30.3 Å². The lowest BCUT2D eigenvalue weighted by atomic mass is 9.75. The molecule has 2 atom stereocenters. The van der Waals surface area contributed by atoms with Gasteiger partial charge in [-0.15, -0.1) is 0 Å². The second-order valence-corrected chi connectivity index (χ2v) is 9.30. The lowest BCUT2D eigenvalue weighted by Gasteiger charge is -2.43. The van der Waals surface area contributed by atoms with Gasteiger partial charge < -0.3 is 15.0 Å². The van der Waals surface area contributed by atoms with E-state index in [1.165, 1.54) is 12.1 Å². The van der Waals surface area contributed by atoms with Crippen molar-refractivity contribution in [2.75, 3.05) is 13.1 Å². The third kappa shape index (κ3) is 3.63. The Morgan fingerprint density at radius 3 is 2.77 bits per heavy atom. The molecule has 4 nitrogen and oxygen atoms in total. The van der Waals surface area contributed by atoms with Crippen LogP contribution < -0.4 is 5.32 Å². The number of halogens is 4. The summed E-state index contributed by atoms with van der Waals surface area (Å²) in [4.78, 5) is 15.7. The van der Waals surface area contributed by atoms with Crippen molar-refractivity contribution in [2.24, 2.45) is 5.92 Å². The monoisotopic (exact) mass is 466 g/mol. The Hall–Kier alpha value is -1.73. The zero-order chi connectivity index (χ0) is 21.8. The van der Waals surface area contributed by atoms with Crippen LogP contribution in [0.2, 0.25) is 10.0 Å². The molecule has 1 saturated heterocycles. The molecule has 0 bridgehead atoms. The Morgan fingerprint density at radius 1 is 1.23 bits per heavy atom. The fourth-order valence-electron chi connectivity index (χ4n) is 4.85. The Morgan fingerprint density at radius 2 is 2.00 bits per heavy atom. The first-order valence-corrected chi connectivity index (χ1v) is 11.2. The Bertz CT molecular complexity index is 1050. The van der Waals surface area contributed by atoms with Crippen molar-refractivity contribution in [3.63, 3.8) is 0 Å². The lowest BCUT2D eigenvalue weighted by Crippen LogP contribution is -2.55. The summed E-state index contributed by atoms with van der Waals surface area (Å²) >= 11 is 12.6. The molecule has 1 saturated carbocycles. The number of benzene rings is 2. The van der Waals surface area contributed by atoms with E-state index in [4.69, 9.17) is 27.9 Å². The number of nitrogens with one attached hydrogen (secondary N) is 1. The van der Waals surface area contributed by atoms with E-state index in [1.807, 2.05) is 17.0 Å². The zero-order valence-corrected chi connectivity index (χ0v) is 18.3. The van der Waals surface area contributed by atoms with Crippen molar-refractivity contribution >= 4 is 29.1 Å². The van der Waals surface area contributed by atoms with Crippen molar-refractivity contribution in [1.82, 2.24) is 10.2 Å². The van der Waals surface area contributed by atoms with Crippen molar-refractivity contribution in [2.45, 2.75) is 44.1 Å². The van der Waals surface area contributed by atoms with Gasteiger partial charge in [0.2, 0.25) is 5.91 Å². The minimum atomic E-state index is -0.961. The molecule has 164 valence electrons. The minimum absolute atomic E-state index is 0.0664. The van der Waals surface area contributed by atoms with Gasteiger partial charge in [0.25, 0.3) is 0 Å². The van der Waals surface area contributed by atoms with Crippen molar-refractivity contribution in [3.8, 4) is 0 Å². The fraction of sp³-hybridized carbons (Fsp3) is 0.435. The highest BCUT2D eigenvalue weighted by Crippen LogP contribution is 2.48. The largest absolute Gasteiger partial charge is 0.365 e. The van der Waals surface area contributed by atoms with Gasteiger partial charge in [-0.3, -0.25) is 4.79 Å². The zero-order valence-electron chi connectivity index (χ0n) is 16.8. The number of fused-ring (bicyclic) bond motifs is 2. The van der Waals surface area contributed by atoms with Crippen LogP contribution in [0.25, 0.3) is 0 Å². The summed E-state index contributed by atoms with van der Waals surface area (Å²) in [7, 11) is 0. The molecule has 2 fully saturated rings. The number of ether oxygens (including phenoxy) is 1. The average Bonchev–Trinajstić information content (AvgIpc) is 3.55. The van der Waals surface area contributed by atoms with E-state index in [0.717, 1.165) is 18.4 Å². The first-order valence-electron chi connectivity index (χ1n) is 10.5. The van der Waals surface area contributed by atoms with Crippen LogP contribution in [-0.2, 0) is 28.3 Å². The maximum absolute atomic E-state index is 14.1. The maximum Gasteiger partial charge on any atom is 0.230 e. The molecule has 1 unspecified atom stereocenters. The predicted molar refractivity (Wildman–Crippen MR) is 114 cm³/mol. The molecule has 1 spiro atoms. The maximum atomic E-state index is 14.1. The standard InChI is InChI=1S/C23H22Cl2F2N2O2/c24-18-3-1-2-13(21(18)25)11-29(15-4-5-15)22(30)17-10-28-7-6-23(17)16-9-20(27)19(26)8-14(16)12-31-23/h1-3,8-9,15,17,28H,4-7,10-12H2/t17-,23?/m1/s1. The summed E-state index contributed by atoms with van der Waals surface area (Å²) in [5.41, 5.74) is 1.02. The van der Waals surface area contributed by atoms with E-state index in [0.29, 0.717) is 47.2 Å². The highest BCUT2D eigenvalue weighted by atomic mass is 35.5. The smallest absolute Gasteiger partial charge is 0.230 e. The lowest BCUT2D eigenvalue weighted by molar-refractivity contribution is -0.157. The molecule has 2 aliphatic heterocycles. The van der Waals surface area contributed by atoms with Gasteiger partial charge in [0.1, 0.15) is 5.60 Å². The molecule has 1 amide bonds. The molecular weight excluding hydrogens is 445 g/mol. The topological polar surface area (TPSA) is 41.6 Å². The molecule has 1 N–H and O–H groups in total. The first-order chi connectivity index (χ1) is 14.9. The summed E-state index contributed by atoms with van der Waals surface area (Å²) in [6.45, 7) is 1.55. The van der Waals surface area contributed by atoms with Crippen molar-refractivity contribution < 1.29 is 18.3 Å². The van der Waals surface area contributed by atoms with Crippen LogP contribution in [0.3, 0.4) is 0 Å². The van der Waals surface area contributed by atoms with E-state index >= 15 is 0 Å². The molecule has 0 radical (unpaired) electrons. The summed E-state index contributed by atoms with van der Waals surface area (Å²) in [6.07, 6.45) is 2.36. The van der Waals surface area contributed by atoms with Gasteiger partial charge >= 0.3 is 0 Å². The van der Waals surface area contributed by atoms with E-state index in [-0.39, 0.29) is 18.6 Å². The number of hydrogen-bond acceptors (Lipinski definition) is 3. The number of carbonyl (C=O) groups excluding carboxylic acids is 1. The summed E-state index contributed by atoms with van der Waals surface area (Å²) in [6, 6.07) is 7.92. The SMILES string of the molecule is O=C([C@H]1CNCCC12OCc1cc(F)c(F)cc12)N(Cc1cccc(Cl)c1Cl)C1CC1. The molecule has 2 aromatic carbocycles. The Labute approximate surface area is 189 Å². The number of carbonyl (C=O) groups is 1. The van der Waals surface area contributed by atoms with Gasteiger partial charge in [0, 0.05) is 19.1 Å². The van der Waals surface area contributed by atoms with E-state index in [9.17, 15) is 13.6 Å². The third-order valence-corrected chi connectivity index (χ3v) is 7.47. The van der Waals surface area contributed by atoms with Crippen LogP contribution in [-0.4, -0.2) is 29.9 Å². The fourth-order valence-corrected chi connectivity index (χ4v) is 5.23. The van der Waals surface area contributed by atoms with Crippen LogP contribution in [0.4, 0.5) is 8.78 Å². The highest BCUT2D eigenvalue weighted by Gasteiger charge is 2.53. The number of piperidine rings is 1. The second kappa shape index (κ2) is 8.00. The number of nitrogens with zero attached hydrogens (tertiary/aromatic N) is 1. The van der Waals surface area contributed by atoms with Crippen molar-refractivity contribution in [1.29, 1.82) is 0 Å². The van der Waals surface area contributed by atoms with E-state index in [1.54, 1.807) is 6.07 Å². The molecule has 8 heteroatoms. The Kier molecular flexibility index (Phi) is 5.45. The molecule has 5 rings (SSSR count). The summed E-state index contributed by atoms with van der Waals surface area (Å²) < 4.78 is 34.1. The minimum Gasteiger partial charge on any atom is -0.365 e. The summed E-state index contributed by atoms with van der Waals surface area (Å²) in [5.74, 6) is -2.43. The molecular formula is C23H22Cl2F2N2O2. The molecule has 2 heterocycles. The average molecular weight is 467 g/mol. The number of hydrogen-bond donors (Lipinski definition) is 1. The first kappa shape index (κ1) is 21.1. The van der Waals surface area contributed by atoms with Crippen LogP contribution in [0.5, 0.6) is 0 Å². The normalized spacial score (nSPS) is 25.0. The summed E-state index contributed by atoms with van der Waals surface area (Å²) in [5, 5.41) is 4.17. The third-order valence-electron chi connectivity index (χ3n) is 6.61. The van der Waals surface area contributed by atoms with E-state index < -0.39 is 23.2 Å². The number of rotatable bonds is 4. The molecule has 31 heavy (non-hydrogen) atoms. The van der Waals surface area contributed by atoms with Gasteiger partial charge in [-0.05, 0) is 60.7 Å². The molecule has 0 aromatic heterocycles. The Balaban J connectivity index is 1.50. The van der Waals surface area contributed by atoms with Crippen LogP contribution in [0, 0.1) is 17.6 Å².